The first-order valence-corrected chi connectivity index (χ1v) is 4.94. The van der Waals surface area contributed by atoms with Crippen LogP contribution in [-0.2, 0) is 9.53 Å². The molecule has 0 fully saturated rings. The van der Waals surface area contributed by atoms with Crippen LogP contribution in [0.4, 0.5) is 4.79 Å². The number of hydrogen-bond donors (Lipinski definition) is 3. The molecule has 0 aromatic rings. The van der Waals surface area contributed by atoms with Gasteiger partial charge < -0.3 is 20.5 Å². The molecule has 0 aromatic carbocycles. The second kappa shape index (κ2) is 7.95. The normalized spacial score (nSPS) is 11.6. The molecular weight excluding hydrogens is 236 g/mol. The summed E-state index contributed by atoms with van der Waals surface area (Å²) in [7, 11) is 1.45. The van der Waals surface area contributed by atoms with Gasteiger partial charge in [0.2, 0.25) is 0 Å². The average Bonchev–Trinajstić information content (AvgIpc) is 2.20. The number of amides is 2. The van der Waals surface area contributed by atoms with E-state index in [0.717, 1.165) is 0 Å². The molecule has 0 aromatic heterocycles. The zero-order valence-electron chi connectivity index (χ0n) is 8.96. The Balaban J connectivity index is 4.02. The number of nitrogens with one attached hydrogen (secondary N) is 2. The lowest BCUT2D eigenvalue weighted by molar-refractivity contribution is -0.139. The van der Waals surface area contributed by atoms with Crippen molar-refractivity contribution in [2.75, 3.05) is 20.3 Å². The van der Waals surface area contributed by atoms with Gasteiger partial charge in [-0.2, -0.15) is 0 Å². The van der Waals surface area contributed by atoms with E-state index in [2.05, 4.69) is 17.2 Å². The van der Waals surface area contributed by atoms with Crippen LogP contribution in [0, 0.1) is 0 Å². The fraction of sp³-hybridized carbons (Fsp3) is 0.556. The van der Waals surface area contributed by atoms with Crippen molar-refractivity contribution in [2.45, 2.75) is 12.5 Å². The smallest absolute Gasteiger partial charge is 0.326 e. The number of carbonyl (C=O) groups excluding carboxylic acids is 1. The van der Waals surface area contributed by atoms with Crippen LogP contribution in [0.1, 0.15) is 6.42 Å². The molecule has 0 rings (SSSR count). The van der Waals surface area contributed by atoms with Gasteiger partial charge in [-0.05, 0) is 0 Å². The molecule has 0 saturated carbocycles. The number of ether oxygens (including phenoxy) is 1. The SMILES string of the molecule is C=C(Cl)CNC(=O)NC(CCOC)C(=O)O. The van der Waals surface area contributed by atoms with Crippen LogP contribution in [0.3, 0.4) is 0 Å². The minimum Gasteiger partial charge on any atom is -0.480 e. The largest absolute Gasteiger partial charge is 0.480 e. The topological polar surface area (TPSA) is 87.7 Å². The van der Waals surface area contributed by atoms with Crippen LogP contribution in [0.25, 0.3) is 0 Å². The van der Waals surface area contributed by atoms with Gasteiger partial charge in [-0.1, -0.05) is 18.2 Å². The summed E-state index contributed by atoms with van der Waals surface area (Å²) in [4.78, 5) is 21.9. The maximum absolute atomic E-state index is 11.2. The Hall–Kier alpha value is -1.27. The molecule has 0 saturated heterocycles. The summed E-state index contributed by atoms with van der Waals surface area (Å²) in [6, 6.07) is -1.59. The van der Waals surface area contributed by atoms with E-state index < -0.39 is 18.0 Å². The number of carboxylic acids is 1. The van der Waals surface area contributed by atoms with E-state index in [9.17, 15) is 9.59 Å². The first-order chi connectivity index (χ1) is 7.47. The van der Waals surface area contributed by atoms with E-state index in [-0.39, 0.29) is 24.6 Å². The highest BCUT2D eigenvalue weighted by Crippen LogP contribution is 1.95. The molecule has 0 bridgehead atoms. The lowest BCUT2D eigenvalue weighted by atomic mass is 10.2. The highest BCUT2D eigenvalue weighted by atomic mass is 35.5. The monoisotopic (exact) mass is 250 g/mol. The molecular formula is C9H15ClN2O4. The van der Waals surface area contributed by atoms with E-state index in [1.54, 1.807) is 0 Å². The lowest BCUT2D eigenvalue weighted by Gasteiger charge is -2.14. The summed E-state index contributed by atoms with van der Waals surface area (Å²) in [5, 5.41) is 13.7. The third-order valence-electron chi connectivity index (χ3n) is 1.65. The van der Waals surface area contributed by atoms with Gasteiger partial charge in [-0.3, -0.25) is 0 Å². The van der Waals surface area contributed by atoms with Crippen LogP contribution in [0.2, 0.25) is 0 Å². The van der Waals surface area contributed by atoms with Crippen molar-refractivity contribution in [1.82, 2.24) is 10.6 Å². The zero-order valence-corrected chi connectivity index (χ0v) is 9.71. The van der Waals surface area contributed by atoms with Crippen molar-refractivity contribution >= 4 is 23.6 Å². The maximum atomic E-state index is 11.2. The van der Waals surface area contributed by atoms with Gasteiger partial charge in [0.15, 0.2) is 0 Å². The summed E-state index contributed by atoms with van der Waals surface area (Å²) in [6.45, 7) is 3.71. The van der Waals surface area contributed by atoms with Crippen LogP contribution in [0.15, 0.2) is 11.6 Å². The van der Waals surface area contributed by atoms with Crippen LogP contribution < -0.4 is 10.6 Å². The fourth-order valence-corrected chi connectivity index (χ4v) is 0.945. The minimum atomic E-state index is -1.11. The van der Waals surface area contributed by atoms with Crippen molar-refractivity contribution in [2.24, 2.45) is 0 Å². The van der Waals surface area contributed by atoms with Gasteiger partial charge >= 0.3 is 12.0 Å². The van der Waals surface area contributed by atoms with Crippen LogP contribution in [-0.4, -0.2) is 43.4 Å². The number of urea groups is 1. The van der Waals surface area contributed by atoms with Crippen LogP contribution in [0.5, 0.6) is 0 Å². The Morgan fingerprint density at radius 3 is 2.62 bits per heavy atom. The number of halogens is 1. The predicted molar refractivity (Wildman–Crippen MR) is 59.4 cm³/mol. The molecule has 0 heterocycles. The second-order valence-electron chi connectivity index (χ2n) is 3.02. The molecule has 16 heavy (non-hydrogen) atoms. The second-order valence-corrected chi connectivity index (χ2v) is 3.55. The van der Waals surface area contributed by atoms with Gasteiger partial charge in [-0.25, -0.2) is 9.59 Å². The lowest BCUT2D eigenvalue weighted by Crippen LogP contribution is -2.46. The number of carbonyl (C=O) groups is 2. The number of hydrogen-bond acceptors (Lipinski definition) is 3. The van der Waals surface area contributed by atoms with Gasteiger partial charge in [0.1, 0.15) is 6.04 Å². The minimum absolute atomic E-state index is 0.0873. The van der Waals surface area contributed by atoms with Gasteiger partial charge in [-0.15, -0.1) is 0 Å². The first kappa shape index (κ1) is 14.7. The highest BCUT2D eigenvalue weighted by Gasteiger charge is 2.19. The van der Waals surface area contributed by atoms with E-state index in [0.29, 0.717) is 0 Å². The van der Waals surface area contributed by atoms with Crippen molar-refractivity contribution in [1.29, 1.82) is 0 Å². The molecule has 0 aliphatic heterocycles. The molecule has 92 valence electrons. The molecule has 0 aliphatic rings. The Morgan fingerprint density at radius 1 is 1.56 bits per heavy atom. The maximum Gasteiger partial charge on any atom is 0.326 e. The van der Waals surface area contributed by atoms with Crippen molar-refractivity contribution < 1.29 is 19.4 Å². The molecule has 2 amide bonds. The van der Waals surface area contributed by atoms with E-state index in [4.69, 9.17) is 21.4 Å². The number of methoxy groups -OCH3 is 1. The summed E-state index contributed by atoms with van der Waals surface area (Å²) in [5.41, 5.74) is 0. The van der Waals surface area contributed by atoms with E-state index >= 15 is 0 Å². The van der Waals surface area contributed by atoms with E-state index in [1.807, 2.05) is 0 Å². The molecule has 0 aliphatic carbocycles. The Labute approximate surface area is 98.6 Å². The number of rotatable bonds is 7. The molecule has 7 heteroatoms. The number of aliphatic carboxylic acids is 1. The van der Waals surface area contributed by atoms with Gasteiger partial charge in [0.25, 0.3) is 0 Å². The average molecular weight is 251 g/mol. The molecule has 6 nitrogen and oxygen atoms in total. The van der Waals surface area contributed by atoms with Crippen molar-refractivity contribution in [3.05, 3.63) is 11.6 Å². The molecule has 3 N–H and O–H groups in total. The third kappa shape index (κ3) is 7.08. The third-order valence-corrected chi connectivity index (χ3v) is 1.79. The highest BCUT2D eigenvalue weighted by molar-refractivity contribution is 6.29. The fourth-order valence-electron chi connectivity index (χ4n) is 0.879. The van der Waals surface area contributed by atoms with Crippen molar-refractivity contribution in [3.63, 3.8) is 0 Å². The number of carboxylic acid groups (broad SMARTS) is 1. The summed E-state index contributed by atoms with van der Waals surface area (Å²) >= 11 is 5.43. The molecule has 0 radical (unpaired) electrons. The predicted octanol–water partition coefficient (Wildman–Crippen LogP) is 0.528. The van der Waals surface area contributed by atoms with Crippen molar-refractivity contribution in [3.8, 4) is 0 Å². The Morgan fingerprint density at radius 2 is 2.19 bits per heavy atom. The van der Waals surface area contributed by atoms with Crippen LogP contribution >= 0.6 is 11.6 Å². The molecule has 1 unspecified atom stereocenters. The zero-order chi connectivity index (χ0) is 12.6. The summed E-state index contributed by atoms with van der Waals surface area (Å²) in [5.74, 6) is -1.11. The molecule has 0 spiro atoms. The van der Waals surface area contributed by atoms with Gasteiger partial charge in [0, 0.05) is 25.2 Å². The Bertz CT molecular complexity index is 270. The summed E-state index contributed by atoms with van der Waals surface area (Å²) < 4.78 is 4.73. The standard InChI is InChI=1S/C9H15ClN2O4/c1-6(10)5-11-9(15)12-7(8(13)14)3-4-16-2/h7H,1,3-5H2,2H3,(H,13,14)(H2,11,12,15). The molecule has 1 atom stereocenters. The van der Waals surface area contributed by atoms with E-state index in [1.165, 1.54) is 7.11 Å². The first-order valence-electron chi connectivity index (χ1n) is 4.56. The van der Waals surface area contributed by atoms with Gasteiger partial charge in [0.05, 0.1) is 6.54 Å². The Kier molecular flexibility index (Phi) is 7.32. The summed E-state index contributed by atoms with van der Waals surface area (Å²) in [6.07, 6.45) is 0.196. The quantitative estimate of drug-likeness (QED) is 0.615.